The van der Waals surface area contributed by atoms with E-state index in [9.17, 15) is 4.39 Å². The standard InChI is InChI=1S/C31H31FN6O/c32-23-13-22(14-24(16-23)39-12-11-38-9-1-2-10-38)27-18-34-19-30-25(27)17-29(35-30)31-26-15-21(3-4-28(26)36-37-31)20-5-7-33-8-6-20/h3-5,13-19,33,35H,1-2,6-12H2,(H,36,37). The van der Waals surface area contributed by atoms with Crippen LogP contribution in [0.3, 0.4) is 0 Å². The van der Waals surface area contributed by atoms with Crippen molar-refractivity contribution in [2.75, 3.05) is 39.3 Å². The Morgan fingerprint density at radius 1 is 0.949 bits per heavy atom. The number of hydrogen-bond acceptors (Lipinski definition) is 5. The number of H-pyrrole nitrogens is 2. The lowest BCUT2D eigenvalue weighted by Gasteiger charge is -2.15. The molecule has 0 unspecified atom stereocenters. The molecule has 0 amide bonds. The Balaban J connectivity index is 1.22. The summed E-state index contributed by atoms with van der Waals surface area (Å²) in [5.74, 6) is 0.212. The zero-order chi connectivity index (χ0) is 26.2. The molecule has 7 nitrogen and oxygen atoms in total. The Bertz CT molecular complexity index is 1680. The van der Waals surface area contributed by atoms with Gasteiger partial charge in [-0.05, 0) is 85.9 Å². The number of likely N-dealkylation sites (tertiary alicyclic amines) is 1. The van der Waals surface area contributed by atoms with E-state index in [0.717, 1.165) is 83.5 Å². The largest absolute Gasteiger partial charge is 0.492 e. The van der Waals surface area contributed by atoms with Gasteiger partial charge >= 0.3 is 0 Å². The molecule has 2 aliphatic heterocycles. The summed E-state index contributed by atoms with van der Waals surface area (Å²) >= 11 is 0. The molecule has 1 fully saturated rings. The van der Waals surface area contributed by atoms with Gasteiger partial charge in [-0.1, -0.05) is 12.1 Å². The predicted molar refractivity (Wildman–Crippen MR) is 153 cm³/mol. The molecule has 2 aliphatic rings. The molecule has 0 aliphatic carbocycles. The van der Waals surface area contributed by atoms with E-state index in [4.69, 9.17) is 4.74 Å². The normalized spacial score (nSPS) is 16.3. The summed E-state index contributed by atoms with van der Waals surface area (Å²) in [6, 6.07) is 13.4. The van der Waals surface area contributed by atoms with Gasteiger partial charge in [0.15, 0.2) is 0 Å². The molecule has 5 heterocycles. The number of nitrogens with zero attached hydrogens (tertiary/aromatic N) is 3. The van der Waals surface area contributed by atoms with Crippen LogP contribution in [-0.2, 0) is 0 Å². The second-order valence-corrected chi connectivity index (χ2v) is 10.4. The van der Waals surface area contributed by atoms with Crippen LogP contribution in [0.1, 0.15) is 24.8 Å². The zero-order valence-corrected chi connectivity index (χ0v) is 21.8. The molecule has 3 aromatic heterocycles. The van der Waals surface area contributed by atoms with E-state index in [1.165, 1.54) is 30.0 Å². The summed E-state index contributed by atoms with van der Waals surface area (Å²) in [5.41, 5.74) is 7.77. The first-order chi connectivity index (χ1) is 19.2. The second kappa shape index (κ2) is 10.3. The van der Waals surface area contributed by atoms with Gasteiger partial charge < -0.3 is 15.0 Å². The lowest BCUT2D eigenvalue weighted by molar-refractivity contribution is 0.237. The summed E-state index contributed by atoms with van der Waals surface area (Å²) in [5, 5.41) is 13.2. The lowest BCUT2D eigenvalue weighted by atomic mass is 9.98. The summed E-state index contributed by atoms with van der Waals surface area (Å²) in [6.07, 6.45) is 9.34. The number of nitrogens with one attached hydrogen (secondary N) is 3. The first-order valence-electron chi connectivity index (χ1n) is 13.7. The quantitative estimate of drug-likeness (QED) is 0.253. The van der Waals surface area contributed by atoms with Gasteiger partial charge in [-0.15, -0.1) is 0 Å². The van der Waals surface area contributed by atoms with Gasteiger partial charge in [0.1, 0.15) is 23.9 Å². The molecule has 7 rings (SSSR count). The van der Waals surface area contributed by atoms with Gasteiger partial charge in [0.25, 0.3) is 0 Å². The highest BCUT2D eigenvalue weighted by Crippen LogP contribution is 2.36. The van der Waals surface area contributed by atoms with Crippen LogP contribution in [0.5, 0.6) is 5.75 Å². The number of benzene rings is 2. The molecule has 5 aromatic rings. The smallest absolute Gasteiger partial charge is 0.127 e. The number of hydrogen-bond donors (Lipinski definition) is 3. The minimum Gasteiger partial charge on any atom is -0.492 e. The Kier molecular flexibility index (Phi) is 6.34. The van der Waals surface area contributed by atoms with Crippen molar-refractivity contribution in [3.05, 3.63) is 72.3 Å². The van der Waals surface area contributed by atoms with Crippen LogP contribution in [0, 0.1) is 5.82 Å². The zero-order valence-electron chi connectivity index (χ0n) is 21.8. The van der Waals surface area contributed by atoms with Crippen molar-refractivity contribution in [2.24, 2.45) is 0 Å². The SMILES string of the molecule is Fc1cc(OCCN2CCCC2)cc(-c2cncc3[nH]c(-c4n[nH]c5ccc(C6=CCNCC6)cc45)cc23)c1. The Hall–Kier alpha value is -4.01. The number of rotatable bonds is 7. The van der Waals surface area contributed by atoms with E-state index < -0.39 is 0 Å². The third kappa shape index (κ3) is 4.82. The molecule has 198 valence electrons. The first-order valence-corrected chi connectivity index (χ1v) is 13.7. The maximum Gasteiger partial charge on any atom is 0.127 e. The maximum absolute atomic E-state index is 14.7. The van der Waals surface area contributed by atoms with Crippen molar-refractivity contribution < 1.29 is 9.13 Å². The number of aromatic amines is 2. The van der Waals surface area contributed by atoms with Crippen molar-refractivity contribution in [3.8, 4) is 28.3 Å². The summed E-state index contributed by atoms with van der Waals surface area (Å²) in [4.78, 5) is 10.3. The minimum absolute atomic E-state index is 0.325. The van der Waals surface area contributed by atoms with Gasteiger partial charge in [0.05, 0.1) is 22.9 Å². The lowest BCUT2D eigenvalue weighted by Crippen LogP contribution is -2.25. The van der Waals surface area contributed by atoms with Crippen LogP contribution in [-0.4, -0.2) is 64.4 Å². The van der Waals surface area contributed by atoms with Gasteiger partial charge in [0, 0.05) is 41.7 Å². The summed E-state index contributed by atoms with van der Waals surface area (Å²) < 4.78 is 20.7. The van der Waals surface area contributed by atoms with E-state index >= 15 is 0 Å². The van der Waals surface area contributed by atoms with E-state index in [-0.39, 0.29) is 5.82 Å². The van der Waals surface area contributed by atoms with Crippen molar-refractivity contribution in [3.63, 3.8) is 0 Å². The Morgan fingerprint density at radius 2 is 1.87 bits per heavy atom. The molecule has 39 heavy (non-hydrogen) atoms. The summed E-state index contributed by atoms with van der Waals surface area (Å²) in [6.45, 7) is 5.52. The molecular weight excluding hydrogens is 491 g/mol. The van der Waals surface area contributed by atoms with Crippen LogP contribution in [0.4, 0.5) is 4.39 Å². The van der Waals surface area contributed by atoms with E-state index in [0.29, 0.717) is 12.4 Å². The molecule has 0 radical (unpaired) electrons. The molecule has 0 spiro atoms. The van der Waals surface area contributed by atoms with Gasteiger partial charge in [-0.2, -0.15) is 5.10 Å². The molecule has 0 atom stereocenters. The van der Waals surface area contributed by atoms with Crippen LogP contribution in [0.15, 0.2) is 60.9 Å². The van der Waals surface area contributed by atoms with Crippen molar-refractivity contribution in [1.82, 2.24) is 30.4 Å². The molecule has 1 saturated heterocycles. The average molecular weight is 523 g/mol. The van der Waals surface area contributed by atoms with Crippen LogP contribution < -0.4 is 10.1 Å². The fourth-order valence-corrected chi connectivity index (χ4v) is 5.81. The van der Waals surface area contributed by atoms with Gasteiger partial charge in [-0.3, -0.25) is 15.0 Å². The number of ether oxygens (including phenoxy) is 1. The first kappa shape index (κ1) is 24.1. The van der Waals surface area contributed by atoms with E-state index in [1.807, 2.05) is 6.07 Å². The minimum atomic E-state index is -0.325. The predicted octanol–water partition coefficient (Wildman–Crippen LogP) is 5.76. The highest BCUT2D eigenvalue weighted by molar-refractivity contribution is 6.01. The molecular formula is C31H31FN6O. The van der Waals surface area contributed by atoms with Crippen LogP contribution in [0.25, 0.3) is 49.9 Å². The molecule has 0 bridgehead atoms. The van der Waals surface area contributed by atoms with Crippen molar-refractivity contribution in [1.29, 1.82) is 0 Å². The Labute approximate surface area is 226 Å². The van der Waals surface area contributed by atoms with E-state index in [2.05, 4.69) is 60.7 Å². The monoisotopic (exact) mass is 522 g/mol. The number of pyridine rings is 1. The highest BCUT2D eigenvalue weighted by Gasteiger charge is 2.17. The highest BCUT2D eigenvalue weighted by atomic mass is 19.1. The third-order valence-corrected chi connectivity index (χ3v) is 7.86. The fraction of sp³-hybridized carbons (Fsp3) is 0.290. The van der Waals surface area contributed by atoms with Crippen LogP contribution in [0.2, 0.25) is 0 Å². The van der Waals surface area contributed by atoms with Crippen LogP contribution >= 0.6 is 0 Å². The molecule has 2 aromatic carbocycles. The summed E-state index contributed by atoms with van der Waals surface area (Å²) in [7, 11) is 0. The Morgan fingerprint density at radius 3 is 2.74 bits per heavy atom. The second-order valence-electron chi connectivity index (χ2n) is 10.4. The van der Waals surface area contributed by atoms with Gasteiger partial charge in [0.2, 0.25) is 0 Å². The van der Waals surface area contributed by atoms with Crippen molar-refractivity contribution in [2.45, 2.75) is 19.3 Å². The number of fused-ring (bicyclic) bond motifs is 2. The number of halogens is 1. The maximum atomic E-state index is 14.7. The molecule has 8 heteroatoms. The van der Waals surface area contributed by atoms with Gasteiger partial charge in [-0.25, -0.2) is 4.39 Å². The molecule has 0 saturated carbocycles. The fourth-order valence-electron chi connectivity index (χ4n) is 5.81. The van der Waals surface area contributed by atoms with E-state index in [1.54, 1.807) is 18.5 Å². The third-order valence-electron chi connectivity index (χ3n) is 7.86. The number of aromatic nitrogens is 4. The van der Waals surface area contributed by atoms with Crippen molar-refractivity contribution >= 4 is 27.4 Å². The molecule has 3 N–H and O–H groups in total. The average Bonchev–Trinajstić information content (AvgIpc) is 3.72. The topological polar surface area (TPSA) is 81.9 Å².